The highest BCUT2D eigenvalue weighted by molar-refractivity contribution is 9.10. The number of benzene rings is 1. The summed E-state index contributed by atoms with van der Waals surface area (Å²) in [5.41, 5.74) is 12.8. The summed E-state index contributed by atoms with van der Waals surface area (Å²) in [5.74, 6) is 0. The zero-order chi connectivity index (χ0) is 11.4. The van der Waals surface area contributed by atoms with Crippen LogP contribution in [0, 0.1) is 0 Å². The summed E-state index contributed by atoms with van der Waals surface area (Å²) in [6.45, 7) is 0. The lowest BCUT2D eigenvalue weighted by molar-refractivity contribution is 1.46. The minimum Gasteiger partial charge on any atom is -0.375 e. The predicted molar refractivity (Wildman–Crippen MR) is 74.3 cm³/mol. The van der Waals surface area contributed by atoms with E-state index < -0.39 is 0 Å². The van der Waals surface area contributed by atoms with Crippen LogP contribution in [0.4, 0.5) is 10.3 Å². The first kappa shape index (κ1) is 10.5. The van der Waals surface area contributed by atoms with Gasteiger partial charge in [0.1, 0.15) is 11.0 Å². The lowest BCUT2D eigenvalue weighted by atomic mass is 10.3. The highest BCUT2D eigenvalue weighted by Gasteiger charge is 2.18. The van der Waals surface area contributed by atoms with E-state index in [2.05, 4.69) is 25.9 Å². The van der Waals surface area contributed by atoms with E-state index in [1.165, 1.54) is 22.7 Å². The summed E-state index contributed by atoms with van der Waals surface area (Å²) in [7, 11) is 0. The predicted octanol–water partition coefficient (Wildman–Crippen LogP) is 3.49. The number of halogens is 2. The van der Waals surface area contributed by atoms with Crippen LogP contribution in [0.25, 0.3) is 20.4 Å². The highest BCUT2D eigenvalue weighted by Crippen LogP contribution is 2.44. The molecule has 0 saturated heterocycles. The van der Waals surface area contributed by atoms with Crippen LogP contribution in [0.1, 0.15) is 0 Å². The van der Waals surface area contributed by atoms with Gasteiger partial charge in [-0.15, -0.1) is 0 Å². The molecule has 2 aromatic heterocycles. The van der Waals surface area contributed by atoms with Gasteiger partial charge in [-0.1, -0.05) is 34.3 Å². The Morgan fingerprint density at radius 1 is 1.00 bits per heavy atom. The molecule has 4 N–H and O–H groups in total. The minimum atomic E-state index is 0.489. The number of fused-ring (bicyclic) bond motifs is 2. The monoisotopic (exact) mass is 334 g/mol. The Bertz CT molecular complexity index is 605. The minimum absolute atomic E-state index is 0.489. The summed E-state index contributed by atoms with van der Waals surface area (Å²) in [6.07, 6.45) is 0. The molecule has 0 aliphatic heterocycles. The van der Waals surface area contributed by atoms with Gasteiger partial charge in [0.25, 0.3) is 0 Å². The number of thiazole rings is 2. The van der Waals surface area contributed by atoms with Crippen molar-refractivity contribution in [1.82, 2.24) is 9.97 Å². The molecule has 0 aliphatic carbocycles. The molecule has 0 aliphatic rings. The highest BCUT2D eigenvalue weighted by atomic mass is 79.9. The first-order valence-electron chi connectivity index (χ1n) is 4.17. The molecule has 8 heteroatoms. The molecule has 4 nitrogen and oxygen atoms in total. The number of nitrogen functional groups attached to an aromatic ring is 2. The van der Waals surface area contributed by atoms with Crippen molar-refractivity contribution >= 4 is 80.9 Å². The number of hydrogen-bond donors (Lipinski definition) is 2. The Balaban J connectivity index is 2.63. The molecule has 0 atom stereocenters. The molecule has 3 rings (SSSR count). The van der Waals surface area contributed by atoms with E-state index in [-0.39, 0.29) is 0 Å². The van der Waals surface area contributed by atoms with Crippen LogP contribution in [0.2, 0.25) is 5.02 Å². The normalized spacial score (nSPS) is 11.6. The van der Waals surface area contributed by atoms with Crippen LogP contribution >= 0.6 is 50.2 Å². The molecule has 2 heterocycles. The molecule has 0 fully saturated rings. The average Bonchev–Trinajstić information content (AvgIpc) is 2.78. The molecule has 0 saturated carbocycles. The number of hydrogen-bond acceptors (Lipinski definition) is 6. The number of aromatic nitrogens is 2. The fourth-order valence-electron chi connectivity index (χ4n) is 1.48. The van der Waals surface area contributed by atoms with Gasteiger partial charge < -0.3 is 11.5 Å². The second-order valence-electron chi connectivity index (χ2n) is 3.09. The Labute approximate surface area is 111 Å². The van der Waals surface area contributed by atoms with E-state index in [9.17, 15) is 0 Å². The second kappa shape index (κ2) is 3.43. The lowest BCUT2D eigenvalue weighted by Crippen LogP contribution is -1.82. The smallest absolute Gasteiger partial charge is 0.181 e. The van der Waals surface area contributed by atoms with E-state index in [0.717, 1.165) is 24.9 Å². The SMILES string of the molecule is Nc1nc2c(Br)c3nc(N)sc3c(Cl)c2s1. The molecule has 16 heavy (non-hydrogen) atoms. The van der Waals surface area contributed by atoms with Crippen molar-refractivity contribution in [2.75, 3.05) is 11.5 Å². The molecule has 0 spiro atoms. The molecule has 1 aromatic carbocycles. The summed E-state index contributed by atoms with van der Waals surface area (Å²) >= 11 is 12.5. The molecular formula is C8H4BrClN4S2. The first-order valence-corrected chi connectivity index (χ1v) is 6.97. The van der Waals surface area contributed by atoms with Crippen LogP contribution < -0.4 is 11.5 Å². The molecule has 0 amide bonds. The van der Waals surface area contributed by atoms with Crippen molar-refractivity contribution in [3.8, 4) is 0 Å². The van der Waals surface area contributed by atoms with Crippen molar-refractivity contribution < 1.29 is 0 Å². The molecule has 82 valence electrons. The summed E-state index contributed by atoms with van der Waals surface area (Å²) in [5, 5.41) is 1.60. The summed E-state index contributed by atoms with van der Waals surface area (Å²) < 4.78 is 2.52. The van der Waals surface area contributed by atoms with Gasteiger partial charge in [-0.2, -0.15) is 0 Å². The lowest BCUT2D eigenvalue weighted by Gasteiger charge is -1.97. The van der Waals surface area contributed by atoms with Gasteiger partial charge in [-0.3, -0.25) is 0 Å². The maximum absolute atomic E-state index is 6.28. The third kappa shape index (κ3) is 1.32. The summed E-state index contributed by atoms with van der Waals surface area (Å²) in [6, 6.07) is 0. The van der Waals surface area contributed by atoms with Gasteiger partial charge >= 0.3 is 0 Å². The maximum Gasteiger partial charge on any atom is 0.181 e. The van der Waals surface area contributed by atoms with Crippen LogP contribution in [-0.2, 0) is 0 Å². The van der Waals surface area contributed by atoms with Crippen LogP contribution in [0.3, 0.4) is 0 Å². The third-order valence-electron chi connectivity index (χ3n) is 2.10. The number of anilines is 2. The maximum atomic E-state index is 6.28. The quantitative estimate of drug-likeness (QED) is 0.659. The van der Waals surface area contributed by atoms with Crippen LogP contribution in [0.15, 0.2) is 4.47 Å². The van der Waals surface area contributed by atoms with Gasteiger partial charge in [0.2, 0.25) is 0 Å². The van der Waals surface area contributed by atoms with E-state index >= 15 is 0 Å². The number of nitrogens with two attached hydrogens (primary N) is 2. The van der Waals surface area contributed by atoms with Crippen molar-refractivity contribution in [3.63, 3.8) is 0 Å². The van der Waals surface area contributed by atoms with Gasteiger partial charge in [0.15, 0.2) is 10.3 Å². The first-order chi connectivity index (χ1) is 7.58. The van der Waals surface area contributed by atoms with Crippen molar-refractivity contribution in [2.45, 2.75) is 0 Å². The van der Waals surface area contributed by atoms with Gasteiger partial charge in [0, 0.05) is 0 Å². The van der Waals surface area contributed by atoms with Crippen molar-refractivity contribution in [3.05, 3.63) is 9.50 Å². The zero-order valence-electron chi connectivity index (χ0n) is 7.62. The molecule has 3 aromatic rings. The standard InChI is InChI=1S/C8H4BrClN4S2/c9-1-3-5(15-7(11)13-3)2(10)6-4(1)14-8(12)16-6/h(H2,11,13)(H2,12,14). The fraction of sp³-hybridized carbons (Fsp3) is 0. The Kier molecular flexibility index (Phi) is 2.25. The Morgan fingerprint density at radius 2 is 1.44 bits per heavy atom. The van der Waals surface area contributed by atoms with Gasteiger partial charge in [-0.05, 0) is 15.9 Å². The Morgan fingerprint density at radius 3 is 1.88 bits per heavy atom. The van der Waals surface area contributed by atoms with Gasteiger partial charge in [0.05, 0.1) is 18.9 Å². The largest absolute Gasteiger partial charge is 0.375 e. The second-order valence-corrected chi connectivity index (χ2v) is 6.32. The summed E-state index contributed by atoms with van der Waals surface area (Å²) in [4.78, 5) is 8.44. The van der Waals surface area contributed by atoms with Crippen LogP contribution in [-0.4, -0.2) is 9.97 Å². The average molecular weight is 336 g/mol. The zero-order valence-corrected chi connectivity index (χ0v) is 11.6. The van der Waals surface area contributed by atoms with Crippen molar-refractivity contribution in [2.24, 2.45) is 0 Å². The van der Waals surface area contributed by atoms with E-state index in [1.807, 2.05) is 0 Å². The number of rotatable bonds is 0. The fourth-order valence-corrected chi connectivity index (χ4v) is 4.36. The number of nitrogens with zero attached hydrogens (tertiary/aromatic N) is 2. The van der Waals surface area contributed by atoms with Crippen molar-refractivity contribution in [1.29, 1.82) is 0 Å². The topological polar surface area (TPSA) is 77.8 Å². The van der Waals surface area contributed by atoms with E-state index in [1.54, 1.807) is 0 Å². The Hall–Kier alpha value is -0.630. The molecule has 0 bridgehead atoms. The van der Waals surface area contributed by atoms with Gasteiger partial charge in [-0.25, -0.2) is 9.97 Å². The molecule has 0 unspecified atom stereocenters. The molecular weight excluding hydrogens is 332 g/mol. The van der Waals surface area contributed by atoms with E-state index in [0.29, 0.717) is 15.3 Å². The molecule has 0 radical (unpaired) electrons. The third-order valence-corrected chi connectivity index (χ3v) is 5.26. The van der Waals surface area contributed by atoms with E-state index in [4.69, 9.17) is 23.1 Å². The van der Waals surface area contributed by atoms with Crippen LogP contribution in [0.5, 0.6) is 0 Å².